The first-order chi connectivity index (χ1) is 18.0. The number of halogens is 3. The highest BCUT2D eigenvalue weighted by Gasteiger charge is 2.33. The molecule has 0 fully saturated rings. The van der Waals surface area contributed by atoms with Gasteiger partial charge in [-0.1, -0.05) is 78.1 Å². The predicted octanol–water partition coefficient (Wildman–Crippen LogP) is 5.79. The Labute approximate surface area is 238 Å². The Hall–Kier alpha value is -2.78. The van der Waals surface area contributed by atoms with E-state index >= 15 is 0 Å². The lowest BCUT2D eigenvalue weighted by atomic mass is 10.1. The molecule has 3 aromatic rings. The molecule has 38 heavy (non-hydrogen) atoms. The summed E-state index contributed by atoms with van der Waals surface area (Å²) < 4.78 is 28.4. The van der Waals surface area contributed by atoms with Crippen LogP contribution in [0.4, 0.5) is 5.69 Å². The Morgan fingerprint density at radius 3 is 2.13 bits per heavy atom. The van der Waals surface area contributed by atoms with Crippen molar-refractivity contribution >= 4 is 62.3 Å². The number of hydrogen-bond donors (Lipinski definition) is 1. The molecule has 0 heterocycles. The molecule has 0 aromatic heterocycles. The fraction of sp³-hybridized carbons (Fsp3) is 0.259. The van der Waals surface area contributed by atoms with Crippen LogP contribution in [0.3, 0.4) is 0 Å². The van der Waals surface area contributed by atoms with Crippen LogP contribution >= 0.6 is 34.8 Å². The number of benzene rings is 3. The lowest BCUT2D eigenvalue weighted by molar-refractivity contribution is -0.139. The highest BCUT2D eigenvalue weighted by atomic mass is 35.5. The lowest BCUT2D eigenvalue weighted by Gasteiger charge is -2.32. The minimum Gasteiger partial charge on any atom is -0.354 e. The van der Waals surface area contributed by atoms with E-state index in [1.165, 1.54) is 35.2 Å². The van der Waals surface area contributed by atoms with Gasteiger partial charge in [0, 0.05) is 28.2 Å². The number of hydrogen-bond acceptors (Lipinski definition) is 4. The smallest absolute Gasteiger partial charge is 0.264 e. The lowest BCUT2D eigenvalue weighted by Crippen LogP contribution is -2.51. The second-order valence-corrected chi connectivity index (χ2v) is 11.7. The number of nitrogens with zero attached hydrogens (tertiary/aromatic N) is 2. The van der Waals surface area contributed by atoms with E-state index in [0.717, 1.165) is 10.7 Å². The maximum absolute atomic E-state index is 13.8. The van der Waals surface area contributed by atoms with Gasteiger partial charge in [0.15, 0.2) is 0 Å². The molecule has 0 spiro atoms. The van der Waals surface area contributed by atoms with Gasteiger partial charge in [-0.25, -0.2) is 8.42 Å². The van der Waals surface area contributed by atoms with Gasteiger partial charge in [0.2, 0.25) is 11.8 Å². The summed E-state index contributed by atoms with van der Waals surface area (Å²) in [7, 11) is -4.22. The minimum absolute atomic E-state index is 0.00521. The van der Waals surface area contributed by atoms with Gasteiger partial charge in [0.05, 0.1) is 10.6 Å². The van der Waals surface area contributed by atoms with E-state index < -0.39 is 28.5 Å². The molecule has 1 N–H and O–H groups in total. The average Bonchev–Trinajstić information content (AvgIpc) is 2.89. The van der Waals surface area contributed by atoms with Gasteiger partial charge < -0.3 is 10.2 Å². The molecule has 202 valence electrons. The molecule has 0 aliphatic carbocycles. The molecule has 1 atom stereocenters. The number of amides is 2. The van der Waals surface area contributed by atoms with E-state index in [1.807, 2.05) is 6.92 Å². The van der Waals surface area contributed by atoms with Crippen molar-refractivity contribution < 1.29 is 18.0 Å². The quantitative estimate of drug-likeness (QED) is 0.304. The van der Waals surface area contributed by atoms with Crippen molar-refractivity contribution in [3.8, 4) is 0 Å². The van der Waals surface area contributed by atoms with Crippen molar-refractivity contribution in [2.45, 2.75) is 37.8 Å². The summed E-state index contributed by atoms with van der Waals surface area (Å²) in [5.41, 5.74) is 0.724. The zero-order chi connectivity index (χ0) is 27.9. The average molecular weight is 597 g/mol. The molecular weight excluding hydrogens is 569 g/mol. The van der Waals surface area contributed by atoms with E-state index in [4.69, 9.17) is 34.8 Å². The van der Waals surface area contributed by atoms with Crippen molar-refractivity contribution in [1.29, 1.82) is 0 Å². The van der Waals surface area contributed by atoms with Crippen molar-refractivity contribution in [3.05, 3.63) is 93.4 Å². The number of sulfonamides is 1. The van der Waals surface area contributed by atoms with Crippen molar-refractivity contribution in [1.82, 2.24) is 10.2 Å². The third-order valence-corrected chi connectivity index (χ3v) is 8.35. The summed E-state index contributed by atoms with van der Waals surface area (Å²) in [6, 6.07) is 18.1. The van der Waals surface area contributed by atoms with Crippen molar-refractivity contribution in [2.24, 2.45) is 0 Å². The van der Waals surface area contributed by atoms with Crippen LogP contribution in [0.5, 0.6) is 0 Å². The molecule has 0 unspecified atom stereocenters. The molecule has 0 saturated carbocycles. The zero-order valence-electron chi connectivity index (χ0n) is 20.9. The van der Waals surface area contributed by atoms with Gasteiger partial charge in [-0.3, -0.25) is 13.9 Å². The van der Waals surface area contributed by atoms with E-state index in [2.05, 4.69) is 5.32 Å². The number of nitrogens with one attached hydrogen (secondary N) is 1. The van der Waals surface area contributed by atoms with E-state index in [-0.39, 0.29) is 33.1 Å². The fourth-order valence-electron chi connectivity index (χ4n) is 3.72. The Kier molecular flexibility index (Phi) is 10.4. The monoisotopic (exact) mass is 595 g/mol. The van der Waals surface area contributed by atoms with Crippen LogP contribution in [0.15, 0.2) is 77.7 Å². The van der Waals surface area contributed by atoms with Gasteiger partial charge in [-0.15, -0.1) is 0 Å². The van der Waals surface area contributed by atoms with Gasteiger partial charge in [-0.2, -0.15) is 0 Å². The third kappa shape index (κ3) is 7.41. The Morgan fingerprint density at radius 1 is 0.921 bits per heavy atom. The van der Waals surface area contributed by atoms with E-state index in [0.29, 0.717) is 17.1 Å². The summed E-state index contributed by atoms with van der Waals surface area (Å²) in [6.07, 6.45) is 0.718. The summed E-state index contributed by atoms with van der Waals surface area (Å²) in [4.78, 5) is 28.0. The molecule has 0 aliphatic heterocycles. The predicted molar refractivity (Wildman–Crippen MR) is 152 cm³/mol. The summed E-state index contributed by atoms with van der Waals surface area (Å²) in [6.45, 7) is 3.33. The van der Waals surface area contributed by atoms with Gasteiger partial charge in [0.1, 0.15) is 12.6 Å². The van der Waals surface area contributed by atoms with E-state index in [1.54, 1.807) is 49.4 Å². The first-order valence-corrected chi connectivity index (χ1v) is 14.5. The summed E-state index contributed by atoms with van der Waals surface area (Å²) >= 11 is 18.7. The Bertz CT molecular complexity index is 1370. The van der Waals surface area contributed by atoms with Crippen molar-refractivity contribution in [3.63, 3.8) is 0 Å². The molecule has 3 aromatic carbocycles. The summed E-state index contributed by atoms with van der Waals surface area (Å²) in [5.74, 6) is -0.977. The normalized spacial score (nSPS) is 12.0. The fourth-order valence-corrected chi connectivity index (χ4v) is 5.85. The molecule has 0 radical (unpaired) electrons. The molecule has 2 amide bonds. The minimum atomic E-state index is -4.22. The number of carbonyl (C=O) groups is 2. The molecule has 0 bridgehead atoms. The maximum Gasteiger partial charge on any atom is 0.264 e. The molecular formula is C27H28Cl3N3O4S. The second kappa shape index (κ2) is 13.3. The highest BCUT2D eigenvalue weighted by Crippen LogP contribution is 2.30. The highest BCUT2D eigenvalue weighted by molar-refractivity contribution is 7.92. The second-order valence-electron chi connectivity index (χ2n) is 8.53. The van der Waals surface area contributed by atoms with E-state index in [9.17, 15) is 18.0 Å². The van der Waals surface area contributed by atoms with Gasteiger partial charge in [0.25, 0.3) is 10.0 Å². The summed E-state index contributed by atoms with van der Waals surface area (Å²) in [5, 5.41) is 3.61. The number of anilines is 1. The van der Waals surface area contributed by atoms with Gasteiger partial charge >= 0.3 is 0 Å². The van der Waals surface area contributed by atoms with Crippen LogP contribution in [0.2, 0.25) is 15.1 Å². The Morgan fingerprint density at radius 2 is 1.53 bits per heavy atom. The van der Waals surface area contributed by atoms with Crippen LogP contribution < -0.4 is 9.62 Å². The largest absolute Gasteiger partial charge is 0.354 e. The van der Waals surface area contributed by atoms with Gasteiger partial charge in [-0.05, 0) is 55.3 Å². The third-order valence-electron chi connectivity index (χ3n) is 5.76. The molecule has 7 nitrogen and oxygen atoms in total. The van der Waals surface area contributed by atoms with Crippen LogP contribution in [-0.2, 0) is 26.2 Å². The molecule has 11 heteroatoms. The van der Waals surface area contributed by atoms with Crippen LogP contribution in [0.1, 0.15) is 25.8 Å². The molecule has 0 saturated heterocycles. The standard InChI is InChI=1S/C27H28Cl3N3O4S/c1-3-13-31-27(35)19(2)32(17-20-9-7-8-12-25(20)30)26(34)18-33(23-15-21(28)14-22(29)16-23)38(36,37)24-10-5-4-6-11-24/h4-12,14-16,19H,3,13,17-18H2,1-2H3,(H,31,35)/t19-/m1/s1. The maximum atomic E-state index is 13.8. The topological polar surface area (TPSA) is 86.8 Å². The zero-order valence-corrected chi connectivity index (χ0v) is 24.0. The molecule has 0 aliphatic rings. The van der Waals surface area contributed by atoms with Crippen LogP contribution in [0, 0.1) is 0 Å². The molecule has 3 rings (SSSR count). The number of rotatable bonds is 11. The first kappa shape index (κ1) is 29.8. The van der Waals surface area contributed by atoms with Crippen molar-refractivity contribution in [2.75, 3.05) is 17.4 Å². The number of carbonyl (C=O) groups excluding carboxylic acids is 2. The van der Waals surface area contributed by atoms with Crippen LogP contribution in [0.25, 0.3) is 0 Å². The van der Waals surface area contributed by atoms with Crippen LogP contribution in [-0.4, -0.2) is 44.3 Å². The SMILES string of the molecule is CCCNC(=O)[C@@H](C)N(Cc1ccccc1Cl)C(=O)CN(c1cc(Cl)cc(Cl)c1)S(=O)(=O)c1ccccc1. The Balaban J connectivity index is 2.05. The first-order valence-electron chi connectivity index (χ1n) is 11.9.